The second-order valence-electron chi connectivity index (χ2n) is 4.46. The molecule has 0 bridgehead atoms. The van der Waals surface area contributed by atoms with Crippen molar-refractivity contribution in [2.24, 2.45) is 7.05 Å². The molecule has 2 aromatic rings. The molecule has 0 fully saturated rings. The number of aromatic nitrogens is 3. The van der Waals surface area contributed by atoms with E-state index in [1.165, 1.54) is 0 Å². The molecule has 0 saturated carbocycles. The molecular weight excluding hydrogens is 336 g/mol. The highest BCUT2D eigenvalue weighted by Crippen LogP contribution is 2.38. The Bertz CT molecular complexity index is 596. The lowest BCUT2D eigenvalue weighted by atomic mass is 10.0. The first kappa shape index (κ1) is 15.8. The average molecular weight is 355 g/mol. The van der Waals surface area contributed by atoms with Crippen LogP contribution in [0.25, 0.3) is 0 Å². The predicted octanol–water partition coefficient (Wildman–Crippen LogP) is 2.29. The van der Waals surface area contributed by atoms with E-state index in [1.807, 2.05) is 25.2 Å². The molecule has 0 aliphatic carbocycles. The van der Waals surface area contributed by atoms with E-state index in [0.29, 0.717) is 16.1 Å². The molecule has 1 atom stereocenters. The minimum atomic E-state index is -0.102. The van der Waals surface area contributed by atoms with Gasteiger partial charge in [0.05, 0.1) is 26.0 Å². The first-order valence-corrected chi connectivity index (χ1v) is 7.42. The van der Waals surface area contributed by atoms with Gasteiger partial charge in [0.2, 0.25) is 0 Å². The Morgan fingerprint density at radius 2 is 2.10 bits per heavy atom. The van der Waals surface area contributed by atoms with Gasteiger partial charge in [-0.25, -0.2) is 4.68 Å². The highest BCUT2D eigenvalue weighted by atomic mass is 79.9. The quantitative estimate of drug-likeness (QED) is 0.862. The van der Waals surface area contributed by atoms with Gasteiger partial charge in [-0.05, 0) is 28.5 Å². The van der Waals surface area contributed by atoms with Crippen LogP contribution in [-0.2, 0) is 7.05 Å². The highest BCUT2D eigenvalue weighted by Gasteiger charge is 2.25. The van der Waals surface area contributed by atoms with Gasteiger partial charge >= 0.3 is 0 Å². The molecule has 6 nitrogen and oxygen atoms in total. The number of hydrogen-bond acceptors (Lipinski definition) is 5. The van der Waals surface area contributed by atoms with Crippen molar-refractivity contribution in [2.45, 2.75) is 13.0 Å². The van der Waals surface area contributed by atoms with Gasteiger partial charge in [0.1, 0.15) is 0 Å². The van der Waals surface area contributed by atoms with Crippen LogP contribution in [0.3, 0.4) is 0 Å². The Kier molecular flexibility index (Phi) is 5.19. The van der Waals surface area contributed by atoms with Crippen molar-refractivity contribution in [3.63, 3.8) is 0 Å². The van der Waals surface area contributed by atoms with Crippen molar-refractivity contribution >= 4 is 15.9 Å². The third-order valence-corrected chi connectivity index (χ3v) is 3.82. The van der Waals surface area contributed by atoms with Crippen LogP contribution >= 0.6 is 15.9 Å². The molecule has 114 valence electrons. The van der Waals surface area contributed by atoms with E-state index in [2.05, 4.69) is 38.5 Å². The largest absolute Gasteiger partial charge is 0.493 e. The molecule has 0 aliphatic rings. The average Bonchev–Trinajstić information content (AvgIpc) is 2.83. The van der Waals surface area contributed by atoms with Crippen LogP contribution in [-0.4, -0.2) is 35.8 Å². The van der Waals surface area contributed by atoms with Crippen LogP contribution in [0.1, 0.15) is 24.2 Å². The van der Waals surface area contributed by atoms with E-state index in [-0.39, 0.29) is 6.04 Å². The second kappa shape index (κ2) is 6.91. The predicted molar refractivity (Wildman–Crippen MR) is 83.8 cm³/mol. The van der Waals surface area contributed by atoms with Gasteiger partial charge in [-0.3, -0.25) is 0 Å². The topological polar surface area (TPSA) is 61.2 Å². The van der Waals surface area contributed by atoms with Crippen LogP contribution in [0.5, 0.6) is 11.5 Å². The number of rotatable bonds is 6. The molecule has 0 saturated heterocycles. The van der Waals surface area contributed by atoms with Crippen LogP contribution in [0.15, 0.2) is 22.8 Å². The molecule has 1 unspecified atom stereocenters. The Labute approximate surface area is 132 Å². The fourth-order valence-corrected chi connectivity index (χ4v) is 2.90. The molecule has 1 heterocycles. The third-order valence-electron chi connectivity index (χ3n) is 3.25. The molecule has 0 amide bonds. The lowest BCUT2D eigenvalue weighted by molar-refractivity contribution is 0.348. The minimum absolute atomic E-state index is 0.102. The van der Waals surface area contributed by atoms with Crippen molar-refractivity contribution in [3.8, 4) is 11.5 Å². The Morgan fingerprint density at radius 3 is 2.62 bits per heavy atom. The number of nitrogens with one attached hydrogen (secondary N) is 1. The van der Waals surface area contributed by atoms with E-state index in [9.17, 15) is 0 Å². The summed E-state index contributed by atoms with van der Waals surface area (Å²) in [4.78, 5) is 0. The number of para-hydroxylation sites is 1. The van der Waals surface area contributed by atoms with E-state index in [1.54, 1.807) is 18.9 Å². The van der Waals surface area contributed by atoms with Gasteiger partial charge in [0, 0.05) is 12.6 Å². The number of halogens is 1. The van der Waals surface area contributed by atoms with Crippen molar-refractivity contribution < 1.29 is 9.47 Å². The Balaban J connectivity index is 2.58. The summed E-state index contributed by atoms with van der Waals surface area (Å²) in [5.74, 6) is 1.41. The van der Waals surface area contributed by atoms with E-state index in [0.717, 1.165) is 17.8 Å². The first-order chi connectivity index (χ1) is 10.1. The number of ether oxygens (including phenoxy) is 2. The molecular formula is C14H19BrN4O2. The minimum Gasteiger partial charge on any atom is -0.493 e. The third kappa shape index (κ3) is 3.03. The summed E-state index contributed by atoms with van der Waals surface area (Å²) in [6.45, 7) is 2.85. The monoisotopic (exact) mass is 354 g/mol. The molecule has 7 heteroatoms. The Hall–Kier alpha value is -1.60. The zero-order valence-electron chi connectivity index (χ0n) is 12.6. The van der Waals surface area contributed by atoms with Crippen molar-refractivity contribution in [2.75, 3.05) is 20.8 Å². The fraction of sp³-hybridized carbons (Fsp3) is 0.429. The number of benzene rings is 1. The van der Waals surface area contributed by atoms with Crippen LogP contribution in [0, 0.1) is 0 Å². The van der Waals surface area contributed by atoms with Gasteiger partial charge in [0.25, 0.3) is 0 Å². The summed E-state index contributed by atoms with van der Waals surface area (Å²) in [6, 6.07) is 5.73. The first-order valence-electron chi connectivity index (χ1n) is 6.63. The van der Waals surface area contributed by atoms with E-state index < -0.39 is 0 Å². The summed E-state index contributed by atoms with van der Waals surface area (Å²) in [7, 11) is 5.14. The molecule has 21 heavy (non-hydrogen) atoms. The molecule has 1 aromatic heterocycles. The zero-order valence-corrected chi connectivity index (χ0v) is 14.1. The fourth-order valence-electron chi connectivity index (χ4n) is 2.34. The summed E-state index contributed by atoms with van der Waals surface area (Å²) in [6.07, 6.45) is 0. The summed E-state index contributed by atoms with van der Waals surface area (Å²) < 4.78 is 13.4. The molecule has 2 rings (SSSR count). The number of aryl methyl sites for hydroxylation is 1. The van der Waals surface area contributed by atoms with Crippen LogP contribution in [0.2, 0.25) is 0 Å². The number of nitrogens with zero attached hydrogens (tertiary/aromatic N) is 3. The maximum Gasteiger partial charge on any atom is 0.165 e. The molecule has 0 spiro atoms. The van der Waals surface area contributed by atoms with Crippen molar-refractivity contribution in [1.82, 2.24) is 20.3 Å². The number of hydrogen-bond donors (Lipinski definition) is 1. The lowest BCUT2D eigenvalue weighted by Gasteiger charge is -2.22. The van der Waals surface area contributed by atoms with E-state index >= 15 is 0 Å². The SMILES string of the molecule is CCNC(c1cccc(OC)c1OC)c1c(Br)nnn1C. The van der Waals surface area contributed by atoms with Gasteiger partial charge in [-0.15, -0.1) is 5.10 Å². The normalized spacial score (nSPS) is 12.2. The summed E-state index contributed by atoms with van der Waals surface area (Å²) in [5, 5.41) is 11.6. The maximum atomic E-state index is 5.54. The second-order valence-corrected chi connectivity index (χ2v) is 5.21. The van der Waals surface area contributed by atoms with Crippen molar-refractivity contribution in [1.29, 1.82) is 0 Å². The van der Waals surface area contributed by atoms with Gasteiger partial charge in [-0.2, -0.15) is 0 Å². The van der Waals surface area contributed by atoms with Gasteiger partial charge < -0.3 is 14.8 Å². The highest BCUT2D eigenvalue weighted by molar-refractivity contribution is 9.10. The van der Waals surface area contributed by atoms with Gasteiger partial charge in [-0.1, -0.05) is 24.3 Å². The standard InChI is InChI=1S/C14H19BrN4O2/c1-5-16-11(12-14(15)17-18-19(12)2)9-7-6-8-10(20-3)13(9)21-4/h6-8,11,16H,5H2,1-4H3. The molecule has 0 radical (unpaired) electrons. The van der Waals surface area contributed by atoms with E-state index in [4.69, 9.17) is 9.47 Å². The Morgan fingerprint density at radius 1 is 1.33 bits per heavy atom. The molecule has 0 aliphatic heterocycles. The number of methoxy groups -OCH3 is 2. The zero-order chi connectivity index (χ0) is 15.4. The smallest absolute Gasteiger partial charge is 0.165 e. The lowest BCUT2D eigenvalue weighted by Crippen LogP contribution is -2.25. The summed E-state index contributed by atoms with van der Waals surface area (Å²) in [5.41, 5.74) is 1.91. The molecule has 1 N–H and O–H groups in total. The van der Waals surface area contributed by atoms with Crippen molar-refractivity contribution in [3.05, 3.63) is 34.1 Å². The summed E-state index contributed by atoms with van der Waals surface area (Å²) >= 11 is 3.46. The van der Waals surface area contributed by atoms with Crippen LogP contribution in [0.4, 0.5) is 0 Å². The maximum absolute atomic E-state index is 5.54. The molecule has 1 aromatic carbocycles. The van der Waals surface area contributed by atoms with Crippen LogP contribution < -0.4 is 14.8 Å². The van der Waals surface area contributed by atoms with Gasteiger partial charge in [0.15, 0.2) is 16.1 Å².